The number of aliphatic hydroxyl groups excluding tert-OH is 1. The average Bonchev–Trinajstić information content (AvgIpc) is 2.36. The van der Waals surface area contributed by atoms with E-state index in [9.17, 15) is 8.42 Å². The highest BCUT2D eigenvalue weighted by Gasteiger charge is 2.29. The Hall–Kier alpha value is -0.210. The third-order valence-corrected chi connectivity index (χ3v) is 3.17. The summed E-state index contributed by atoms with van der Waals surface area (Å²) in [5.41, 5.74) is 2.34. The average molecular weight is 195 g/mol. The molecule has 72 valence electrons. The van der Waals surface area contributed by atoms with Gasteiger partial charge in [-0.15, -0.1) is 4.83 Å². The van der Waals surface area contributed by atoms with E-state index < -0.39 is 16.3 Å². The van der Waals surface area contributed by atoms with Crippen molar-refractivity contribution in [1.29, 1.82) is 0 Å². The maximum Gasteiger partial charge on any atom is 0.292 e. The fourth-order valence-corrected chi connectivity index (χ4v) is 2.22. The molecule has 0 bridgehead atoms. The van der Waals surface area contributed by atoms with Crippen molar-refractivity contribution in [2.24, 2.45) is 0 Å². The molecular weight excluding hydrogens is 182 g/mol. The van der Waals surface area contributed by atoms with Gasteiger partial charge in [0.05, 0.1) is 6.10 Å². The zero-order valence-corrected chi connectivity index (χ0v) is 7.63. The first kappa shape index (κ1) is 9.87. The molecule has 1 aliphatic rings. The number of aliphatic hydroxyl groups is 1. The molecular formula is C5H13N3O3S. The molecule has 1 fully saturated rings. The van der Waals surface area contributed by atoms with E-state index in [2.05, 4.69) is 10.3 Å². The first-order valence-corrected chi connectivity index (χ1v) is 5.12. The lowest BCUT2D eigenvalue weighted by Gasteiger charge is -2.15. The molecule has 3 N–H and O–H groups in total. The second kappa shape index (κ2) is 3.67. The van der Waals surface area contributed by atoms with Crippen molar-refractivity contribution in [3.63, 3.8) is 0 Å². The third kappa shape index (κ3) is 2.14. The third-order valence-electron chi connectivity index (χ3n) is 1.70. The molecule has 1 atom stereocenters. The lowest BCUT2D eigenvalue weighted by molar-refractivity contribution is 0.189. The van der Waals surface area contributed by atoms with Gasteiger partial charge in [-0.25, -0.2) is 5.43 Å². The number of nitrogens with one attached hydrogen (secondary N) is 2. The molecule has 0 spiro atoms. The minimum atomic E-state index is -3.43. The molecule has 0 aliphatic carbocycles. The van der Waals surface area contributed by atoms with Crippen LogP contribution < -0.4 is 10.3 Å². The maximum absolute atomic E-state index is 11.2. The van der Waals surface area contributed by atoms with Crippen molar-refractivity contribution in [1.82, 2.24) is 14.6 Å². The molecule has 0 aromatic carbocycles. The summed E-state index contributed by atoms with van der Waals surface area (Å²) < 4.78 is 23.6. The minimum absolute atomic E-state index is 0.178. The summed E-state index contributed by atoms with van der Waals surface area (Å²) in [7, 11) is -1.95. The zero-order chi connectivity index (χ0) is 9.19. The highest BCUT2D eigenvalue weighted by Crippen LogP contribution is 2.11. The van der Waals surface area contributed by atoms with E-state index in [0.29, 0.717) is 13.0 Å². The number of rotatable bonds is 3. The molecule has 1 aliphatic heterocycles. The van der Waals surface area contributed by atoms with Crippen molar-refractivity contribution in [3.8, 4) is 0 Å². The van der Waals surface area contributed by atoms with Gasteiger partial charge in [-0.3, -0.25) is 0 Å². The molecule has 0 saturated carbocycles. The Morgan fingerprint density at radius 1 is 1.58 bits per heavy atom. The molecule has 0 aromatic rings. The van der Waals surface area contributed by atoms with E-state index in [0.717, 1.165) is 0 Å². The number of hydrogen-bond donors (Lipinski definition) is 3. The van der Waals surface area contributed by atoms with Crippen LogP contribution in [0.2, 0.25) is 0 Å². The largest absolute Gasteiger partial charge is 0.392 e. The molecule has 6 nitrogen and oxygen atoms in total. The van der Waals surface area contributed by atoms with Crippen LogP contribution in [0, 0.1) is 0 Å². The number of nitrogens with zero attached hydrogens (tertiary/aromatic N) is 1. The monoisotopic (exact) mass is 195 g/mol. The molecule has 0 radical (unpaired) electrons. The summed E-state index contributed by atoms with van der Waals surface area (Å²) in [4.78, 5) is 2.12. The molecule has 12 heavy (non-hydrogen) atoms. The van der Waals surface area contributed by atoms with Crippen molar-refractivity contribution in [3.05, 3.63) is 0 Å². The molecule has 0 aromatic heterocycles. The summed E-state index contributed by atoms with van der Waals surface area (Å²) in [6.45, 7) is 0.551. The van der Waals surface area contributed by atoms with Gasteiger partial charge in [-0.1, -0.05) is 0 Å². The van der Waals surface area contributed by atoms with Crippen LogP contribution in [0.25, 0.3) is 0 Å². The van der Waals surface area contributed by atoms with E-state index in [1.807, 2.05) is 0 Å². The lowest BCUT2D eigenvalue weighted by Crippen LogP contribution is -2.44. The quantitative estimate of drug-likeness (QED) is 0.456. The number of hydrogen-bond acceptors (Lipinski definition) is 4. The van der Waals surface area contributed by atoms with Gasteiger partial charge in [0, 0.05) is 13.1 Å². The van der Waals surface area contributed by atoms with Crippen LogP contribution in [-0.2, 0) is 10.2 Å². The molecule has 1 rings (SSSR count). The zero-order valence-electron chi connectivity index (χ0n) is 6.82. The van der Waals surface area contributed by atoms with Crippen LogP contribution in [-0.4, -0.2) is 44.1 Å². The predicted octanol–water partition coefficient (Wildman–Crippen LogP) is -1.98. The van der Waals surface area contributed by atoms with Gasteiger partial charge in [-0.2, -0.15) is 12.7 Å². The number of β-amino-alcohol motifs (C(OH)–C–C–N with tert-alkyl or cyclic N) is 1. The summed E-state index contributed by atoms with van der Waals surface area (Å²) >= 11 is 0. The molecule has 7 heteroatoms. The summed E-state index contributed by atoms with van der Waals surface area (Å²) in [6, 6.07) is 0. The Kier molecular flexibility index (Phi) is 3.02. The van der Waals surface area contributed by atoms with Crippen molar-refractivity contribution in [2.45, 2.75) is 12.5 Å². The first-order chi connectivity index (χ1) is 5.56. The van der Waals surface area contributed by atoms with Crippen LogP contribution in [0.15, 0.2) is 0 Å². The van der Waals surface area contributed by atoms with Gasteiger partial charge >= 0.3 is 0 Å². The Labute approximate surface area is 71.7 Å². The van der Waals surface area contributed by atoms with E-state index in [1.54, 1.807) is 0 Å². The van der Waals surface area contributed by atoms with Gasteiger partial charge in [0.25, 0.3) is 10.2 Å². The molecule has 1 saturated heterocycles. The fourth-order valence-electron chi connectivity index (χ4n) is 1.12. The molecule has 1 unspecified atom stereocenters. The van der Waals surface area contributed by atoms with Gasteiger partial charge in [0.1, 0.15) is 0 Å². The smallest absolute Gasteiger partial charge is 0.292 e. The number of hydrazine groups is 1. The first-order valence-electron chi connectivity index (χ1n) is 3.68. The predicted molar refractivity (Wildman–Crippen MR) is 43.3 cm³/mol. The Bertz CT molecular complexity index is 240. The van der Waals surface area contributed by atoms with Crippen LogP contribution in [0.1, 0.15) is 6.42 Å². The van der Waals surface area contributed by atoms with E-state index in [-0.39, 0.29) is 6.54 Å². The summed E-state index contributed by atoms with van der Waals surface area (Å²) in [6.07, 6.45) is -0.0246. The van der Waals surface area contributed by atoms with Crippen LogP contribution in [0.3, 0.4) is 0 Å². The van der Waals surface area contributed by atoms with Crippen LogP contribution >= 0.6 is 0 Å². The second-order valence-corrected chi connectivity index (χ2v) is 4.33. The van der Waals surface area contributed by atoms with Crippen LogP contribution in [0.5, 0.6) is 0 Å². The fraction of sp³-hybridized carbons (Fsp3) is 1.00. The Morgan fingerprint density at radius 2 is 2.25 bits per heavy atom. The Morgan fingerprint density at radius 3 is 2.67 bits per heavy atom. The van der Waals surface area contributed by atoms with E-state index in [1.165, 1.54) is 11.4 Å². The van der Waals surface area contributed by atoms with Crippen molar-refractivity contribution >= 4 is 10.2 Å². The molecule has 1 heterocycles. The van der Waals surface area contributed by atoms with Gasteiger partial charge in [0.15, 0.2) is 0 Å². The Balaban J connectivity index is 2.58. The summed E-state index contributed by atoms with van der Waals surface area (Å²) in [5, 5.41) is 9.08. The molecule has 0 amide bonds. The van der Waals surface area contributed by atoms with Gasteiger partial charge in [-0.05, 0) is 13.5 Å². The van der Waals surface area contributed by atoms with Crippen LogP contribution in [0.4, 0.5) is 0 Å². The lowest BCUT2D eigenvalue weighted by atomic mass is 10.3. The van der Waals surface area contributed by atoms with Crippen molar-refractivity contribution in [2.75, 3.05) is 20.1 Å². The van der Waals surface area contributed by atoms with Crippen molar-refractivity contribution < 1.29 is 13.5 Å². The SMILES string of the molecule is CNNS(=O)(=O)N1CCC(O)C1. The topological polar surface area (TPSA) is 81.7 Å². The van der Waals surface area contributed by atoms with Gasteiger partial charge < -0.3 is 5.11 Å². The minimum Gasteiger partial charge on any atom is -0.392 e. The van der Waals surface area contributed by atoms with Gasteiger partial charge in [0.2, 0.25) is 0 Å². The normalized spacial score (nSPS) is 26.3. The van der Waals surface area contributed by atoms with E-state index >= 15 is 0 Å². The standard InChI is InChI=1S/C5H13N3O3S/c1-6-7-12(10,11)8-3-2-5(9)4-8/h5-7,9H,2-4H2,1H3. The second-order valence-electron chi connectivity index (χ2n) is 2.66. The van der Waals surface area contributed by atoms with E-state index in [4.69, 9.17) is 5.11 Å². The highest BCUT2D eigenvalue weighted by atomic mass is 32.2. The maximum atomic E-state index is 11.2. The highest BCUT2D eigenvalue weighted by molar-refractivity contribution is 7.87. The summed E-state index contributed by atoms with van der Waals surface area (Å²) in [5.74, 6) is 0.